The lowest BCUT2D eigenvalue weighted by atomic mass is 9.91. The van der Waals surface area contributed by atoms with Crippen molar-refractivity contribution in [3.8, 4) is 0 Å². The molecule has 0 aliphatic carbocycles. The normalized spacial score (nSPS) is 10.9. The van der Waals surface area contributed by atoms with Gasteiger partial charge in [0.15, 0.2) is 0 Å². The van der Waals surface area contributed by atoms with E-state index in [4.69, 9.17) is 0 Å². The Labute approximate surface area is 95.4 Å². The van der Waals surface area contributed by atoms with Crippen molar-refractivity contribution in [3.63, 3.8) is 0 Å². The summed E-state index contributed by atoms with van der Waals surface area (Å²) in [5.41, 5.74) is 2.21. The highest BCUT2D eigenvalue weighted by molar-refractivity contribution is 5.58. The Bertz CT molecular complexity index is 372. The van der Waals surface area contributed by atoms with Gasteiger partial charge in [0.25, 0.3) is 0 Å². The van der Waals surface area contributed by atoms with Crippen molar-refractivity contribution in [2.24, 2.45) is 0 Å². The molecule has 1 aromatic carbocycles. The third-order valence-electron chi connectivity index (χ3n) is 2.85. The minimum atomic E-state index is -1.15. The van der Waals surface area contributed by atoms with Crippen LogP contribution in [0.2, 0.25) is 0 Å². The van der Waals surface area contributed by atoms with Gasteiger partial charge in [-0.2, -0.15) is 0 Å². The first-order valence-corrected chi connectivity index (χ1v) is 4.96. The maximum Gasteiger partial charge on any atom is 0.140 e. The molecule has 0 amide bonds. The zero-order valence-corrected chi connectivity index (χ0v) is 9.13. The quantitative estimate of drug-likeness (QED) is 0.782. The van der Waals surface area contributed by atoms with Gasteiger partial charge in [0.2, 0.25) is 0 Å². The van der Waals surface area contributed by atoms with Crippen molar-refractivity contribution in [2.75, 3.05) is 0 Å². The standard InChI is InChI=1S/C11H12F5N/c12-1-6-7(2-13)9(4-15)11(17)10(5-16)8(6)3-14/h1-5,17H2/p+1. The van der Waals surface area contributed by atoms with E-state index in [2.05, 4.69) is 5.73 Å². The molecular formula is C11H13F5N+. The van der Waals surface area contributed by atoms with Crippen LogP contribution in [0.4, 0.5) is 27.6 Å². The molecule has 0 heterocycles. The summed E-state index contributed by atoms with van der Waals surface area (Å²) in [6, 6.07) is 0. The Balaban J connectivity index is 3.66. The second kappa shape index (κ2) is 5.95. The van der Waals surface area contributed by atoms with Gasteiger partial charge < -0.3 is 5.73 Å². The number of hydrogen-bond donors (Lipinski definition) is 1. The van der Waals surface area contributed by atoms with E-state index in [-0.39, 0.29) is 33.5 Å². The van der Waals surface area contributed by atoms with Crippen LogP contribution in [0, 0.1) is 0 Å². The van der Waals surface area contributed by atoms with Crippen molar-refractivity contribution in [3.05, 3.63) is 27.8 Å². The van der Waals surface area contributed by atoms with Crippen molar-refractivity contribution < 1.29 is 27.7 Å². The third-order valence-corrected chi connectivity index (χ3v) is 2.85. The van der Waals surface area contributed by atoms with Gasteiger partial charge >= 0.3 is 0 Å². The molecule has 1 rings (SSSR count). The van der Waals surface area contributed by atoms with Gasteiger partial charge in [-0.3, -0.25) is 0 Å². The largest absolute Gasteiger partial charge is 0.325 e. The molecule has 1 nitrogen and oxygen atoms in total. The summed E-state index contributed by atoms with van der Waals surface area (Å²) in [4.78, 5) is 0. The molecule has 0 fully saturated rings. The van der Waals surface area contributed by atoms with Crippen molar-refractivity contribution in [1.82, 2.24) is 0 Å². The molecule has 0 saturated carbocycles. The fraction of sp³-hybridized carbons (Fsp3) is 0.455. The zero-order valence-electron chi connectivity index (χ0n) is 9.13. The minimum absolute atomic E-state index is 0.0764. The van der Waals surface area contributed by atoms with Crippen LogP contribution >= 0.6 is 0 Å². The molecule has 0 atom stereocenters. The Hall–Kier alpha value is -1.17. The van der Waals surface area contributed by atoms with E-state index in [9.17, 15) is 22.0 Å². The topological polar surface area (TPSA) is 27.6 Å². The van der Waals surface area contributed by atoms with E-state index < -0.39 is 33.4 Å². The van der Waals surface area contributed by atoms with E-state index >= 15 is 0 Å². The number of quaternary nitrogens is 1. The fourth-order valence-electron chi connectivity index (χ4n) is 1.90. The highest BCUT2D eigenvalue weighted by Gasteiger charge is 2.24. The lowest BCUT2D eigenvalue weighted by Crippen LogP contribution is -2.43. The summed E-state index contributed by atoms with van der Waals surface area (Å²) in [6.07, 6.45) is 0. The van der Waals surface area contributed by atoms with Gasteiger partial charge in [0, 0.05) is 11.1 Å². The summed E-state index contributed by atoms with van der Waals surface area (Å²) in [6.45, 7) is -5.56. The van der Waals surface area contributed by atoms with Crippen LogP contribution in [0.25, 0.3) is 0 Å². The van der Waals surface area contributed by atoms with Crippen LogP contribution in [-0.2, 0) is 33.4 Å². The molecule has 1 aromatic rings. The summed E-state index contributed by atoms with van der Waals surface area (Å²) < 4.78 is 63.8. The zero-order chi connectivity index (χ0) is 13.0. The molecule has 3 N–H and O–H groups in total. The van der Waals surface area contributed by atoms with Gasteiger partial charge in [-0.1, -0.05) is 0 Å². The minimum Gasteiger partial charge on any atom is -0.325 e. The van der Waals surface area contributed by atoms with E-state index in [1.807, 2.05) is 0 Å². The van der Waals surface area contributed by atoms with Crippen LogP contribution in [0.1, 0.15) is 27.8 Å². The maximum absolute atomic E-state index is 12.8. The molecule has 0 spiro atoms. The van der Waals surface area contributed by atoms with Crippen molar-refractivity contribution in [2.45, 2.75) is 33.4 Å². The second-order valence-electron chi connectivity index (χ2n) is 3.54. The van der Waals surface area contributed by atoms with Gasteiger partial charge in [-0.15, -0.1) is 0 Å². The highest BCUT2D eigenvalue weighted by atomic mass is 19.1. The van der Waals surface area contributed by atoms with Crippen LogP contribution in [0.5, 0.6) is 0 Å². The van der Waals surface area contributed by atoms with Crippen molar-refractivity contribution >= 4 is 5.69 Å². The third kappa shape index (κ3) is 2.26. The summed E-state index contributed by atoms with van der Waals surface area (Å²) in [7, 11) is 0. The van der Waals surface area contributed by atoms with Gasteiger partial charge in [-0.05, 0) is 5.56 Å². The first-order chi connectivity index (χ1) is 8.15. The summed E-state index contributed by atoms with van der Waals surface area (Å²) >= 11 is 0. The molecule has 0 saturated heterocycles. The highest BCUT2D eigenvalue weighted by Crippen LogP contribution is 2.33. The van der Waals surface area contributed by atoms with Crippen LogP contribution in [0.15, 0.2) is 0 Å². The first kappa shape index (κ1) is 13.9. The molecular weight excluding hydrogens is 241 g/mol. The molecule has 96 valence electrons. The SMILES string of the molecule is [NH3+]c1c(CF)c(CF)c(CF)c(CF)c1CF. The lowest BCUT2D eigenvalue weighted by Gasteiger charge is -2.16. The molecule has 0 radical (unpaired) electrons. The maximum atomic E-state index is 12.8. The predicted octanol–water partition coefficient (Wildman–Crippen LogP) is 2.91. The Morgan fingerprint density at radius 2 is 0.765 bits per heavy atom. The average molecular weight is 254 g/mol. The molecule has 0 aliphatic rings. The van der Waals surface area contributed by atoms with E-state index in [1.165, 1.54) is 0 Å². The summed E-state index contributed by atoms with van der Waals surface area (Å²) in [5, 5.41) is 0. The second-order valence-corrected chi connectivity index (χ2v) is 3.54. The van der Waals surface area contributed by atoms with Crippen LogP contribution in [0.3, 0.4) is 0 Å². The predicted molar refractivity (Wildman–Crippen MR) is 53.1 cm³/mol. The fourth-order valence-corrected chi connectivity index (χ4v) is 1.90. The molecule has 6 heteroatoms. The van der Waals surface area contributed by atoms with Crippen molar-refractivity contribution in [1.29, 1.82) is 0 Å². The van der Waals surface area contributed by atoms with E-state index in [0.717, 1.165) is 0 Å². The van der Waals surface area contributed by atoms with Crippen LogP contribution < -0.4 is 5.73 Å². The van der Waals surface area contributed by atoms with Gasteiger partial charge in [0.1, 0.15) is 39.1 Å². The summed E-state index contributed by atoms with van der Waals surface area (Å²) in [5.74, 6) is 0. The van der Waals surface area contributed by atoms with E-state index in [0.29, 0.717) is 0 Å². The van der Waals surface area contributed by atoms with Gasteiger partial charge in [0.05, 0.1) is 11.1 Å². The molecule has 0 aliphatic heterocycles. The Morgan fingerprint density at radius 1 is 0.529 bits per heavy atom. The van der Waals surface area contributed by atoms with Crippen LogP contribution in [-0.4, -0.2) is 0 Å². The van der Waals surface area contributed by atoms with Gasteiger partial charge in [-0.25, -0.2) is 22.0 Å². The Morgan fingerprint density at radius 3 is 1.00 bits per heavy atom. The smallest absolute Gasteiger partial charge is 0.140 e. The molecule has 0 unspecified atom stereocenters. The molecule has 0 aromatic heterocycles. The molecule has 17 heavy (non-hydrogen) atoms. The number of halogens is 5. The number of alkyl halides is 5. The van der Waals surface area contributed by atoms with E-state index in [1.54, 1.807) is 0 Å². The number of benzene rings is 1. The number of rotatable bonds is 5. The molecule has 0 bridgehead atoms. The monoisotopic (exact) mass is 254 g/mol. The first-order valence-electron chi connectivity index (χ1n) is 4.96. The lowest BCUT2D eigenvalue weighted by molar-refractivity contribution is -0.257. The Kier molecular flexibility index (Phi) is 4.86. The number of hydrogen-bond acceptors (Lipinski definition) is 0. The average Bonchev–Trinajstić information content (AvgIpc) is 2.36.